The third kappa shape index (κ3) is 7.31. The van der Waals surface area contributed by atoms with Crippen LogP contribution in [-0.2, 0) is 11.8 Å². The summed E-state index contributed by atoms with van der Waals surface area (Å²) in [6.07, 6.45) is 3.58. The number of halogens is 1. The first-order chi connectivity index (χ1) is 17.4. The lowest BCUT2D eigenvalue weighted by molar-refractivity contribution is 0.0502. The smallest absolute Gasteiger partial charge is 0.407 e. The van der Waals surface area contributed by atoms with E-state index in [1.165, 1.54) is 0 Å². The SMILES string of the molecule is CCCC[C@@H](Nc1nc(Nc2ccc3cnn(C)c3c2)c(C(N)=O)cc1F)[C@H](C)NC(=O)OC(C)(C)C. The zero-order chi connectivity index (χ0) is 27.3. The number of fused-ring (bicyclic) bond motifs is 1. The number of amides is 2. The van der Waals surface area contributed by atoms with Gasteiger partial charge in [-0.3, -0.25) is 9.48 Å². The van der Waals surface area contributed by atoms with Gasteiger partial charge in [0.05, 0.1) is 17.3 Å². The van der Waals surface area contributed by atoms with Crippen molar-refractivity contribution in [3.05, 3.63) is 41.8 Å². The minimum atomic E-state index is -0.815. The highest BCUT2D eigenvalue weighted by atomic mass is 19.1. The molecule has 3 rings (SSSR count). The molecule has 2 atom stereocenters. The van der Waals surface area contributed by atoms with Crippen molar-refractivity contribution in [2.75, 3.05) is 10.6 Å². The number of nitrogens with two attached hydrogens (primary N) is 1. The third-order valence-electron chi connectivity index (χ3n) is 5.79. The van der Waals surface area contributed by atoms with E-state index >= 15 is 4.39 Å². The Labute approximate surface area is 216 Å². The molecule has 2 amide bonds. The molecule has 1 aromatic carbocycles. The van der Waals surface area contributed by atoms with E-state index < -0.39 is 29.5 Å². The molecule has 0 aliphatic heterocycles. The van der Waals surface area contributed by atoms with Gasteiger partial charge in [0.15, 0.2) is 11.6 Å². The summed E-state index contributed by atoms with van der Waals surface area (Å²) in [6, 6.07) is 5.84. The summed E-state index contributed by atoms with van der Waals surface area (Å²) < 4.78 is 22.2. The van der Waals surface area contributed by atoms with Gasteiger partial charge in [-0.15, -0.1) is 0 Å². The van der Waals surface area contributed by atoms with E-state index in [9.17, 15) is 9.59 Å². The Bertz CT molecular complexity index is 1270. The molecular formula is C26H36FN7O3. The Kier molecular flexibility index (Phi) is 8.57. The van der Waals surface area contributed by atoms with Crippen LogP contribution >= 0.6 is 0 Å². The molecule has 0 aliphatic carbocycles. The van der Waals surface area contributed by atoms with Gasteiger partial charge in [-0.05, 0) is 58.4 Å². The first-order valence-electron chi connectivity index (χ1n) is 12.3. The van der Waals surface area contributed by atoms with E-state index in [0.29, 0.717) is 12.1 Å². The van der Waals surface area contributed by atoms with Crippen LogP contribution in [0.3, 0.4) is 0 Å². The summed E-state index contributed by atoms with van der Waals surface area (Å²) in [5, 5.41) is 14.2. The highest BCUT2D eigenvalue weighted by Gasteiger charge is 2.25. The largest absolute Gasteiger partial charge is 0.444 e. The van der Waals surface area contributed by atoms with Crippen molar-refractivity contribution < 1.29 is 18.7 Å². The highest BCUT2D eigenvalue weighted by Crippen LogP contribution is 2.27. The Morgan fingerprint density at radius 1 is 1.22 bits per heavy atom. The molecule has 3 aromatic rings. The van der Waals surface area contributed by atoms with Gasteiger partial charge < -0.3 is 26.4 Å². The fourth-order valence-electron chi connectivity index (χ4n) is 3.87. The summed E-state index contributed by atoms with van der Waals surface area (Å²) in [5.41, 5.74) is 6.29. The lowest BCUT2D eigenvalue weighted by Crippen LogP contribution is -2.46. The predicted molar refractivity (Wildman–Crippen MR) is 142 cm³/mol. The van der Waals surface area contributed by atoms with Crippen molar-refractivity contribution >= 4 is 40.2 Å². The van der Waals surface area contributed by atoms with Gasteiger partial charge in [0.2, 0.25) is 0 Å². The number of aromatic nitrogens is 3. The number of benzene rings is 1. The van der Waals surface area contributed by atoms with Gasteiger partial charge in [0.25, 0.3) is 5.91 Å². The van der Waals surface area contributed by atoms with Gasteiger partial charge >= 0.3 is 6.09 Å². The number of aryl methyl sites for hydroxylation is 1. The first kappa shape index (κ1) is 27.7. The molecule has 0 radical (unpaired) electrons. The van der Waals surface area contributed by atoms with Crippen LogP contribution in [0.5, 0.6) is 0 Å². The minimum absolute atomic E-state index is 0.0620. The lowest BCUT2D eigenvalue weighted by Gasteiger charge is -2.28. The molecule has 2 heterocycles. The first-order valence-corrected chi connectivity index (χ1v) is 12.3. The van der Waals surface area contributed by atoms with E-state index in [2.05, 4.69) is 26.0 Å². The van der Waals surface area contributed by atoms with Gasteiger partial charge in [-0.2, -0.15) is 5.10 Å². The molecule has 0 fully saturated rings. The van der Waals surface area contributed by atoms with Gasteiger partial charge in [0.1, 0.15) is 11.4 Å². The molecule has 0 saturated heterocycles. The topological polar surface area (TPSA) is 136 Å². The van der Waals surface area contributed by atoms with Crippen LogP contribution < -0.4 is 21.7 Å². The van der Waals surface area contributed by atoms with Crippen LogP contribution in [0.15, 0.2) is 30.5 Å². The molecule has 0 saturated carbocycles. The van der Waals surface area contributed by atoms with Crippen LogP contribution in [-0.4, -0.2) is 44.4 Å². The summed E-state index contributed by atoms with van der Waals surface area (Å²) in [4.78, 5) is 28.8. The van der Waals surface area contributed by atoms with Crippen LogP contribution in [0.2, 0.25) is 0 Å². The number of nitrogens with one attached hydrogen (secondary N) is 3. The number of hydrogen-bond donors (Lipinski definition) is 4. The zero-order valence-electron chi connectivity index (χ0n) is 22.2. The number of nitrogens with zero attached hydrogens (tertiary/aromatic N) is 3. The molecule has 11 heteroatoms. The molecule has 5 N–H and O–H groups in total. The average Bonchev–Trinajstić information content (AvgIpc) is 3.16. The number of unbranched alkanes of at least 4 members (excludes halogenated alkanes) is 1. The number of hydrogen-bond acceptors (Lipinski definition) is 7. The fourth-order valence-corrected chi connectivity index (χ4v) is 3.87. The third-order valence-corrected chi connectivity index (χ3v) is 5.79. The Morgan fingerprint density at radius 3 is 2.59 bits per heavy atom. The molecule has 0 unspecified atom stereocenters. The van der Waals surface area contributed by atoms with Crippen molar-refractivity contribution in [3.63, 3.8) is 0 Å². The van der Waals surface area contributed by atoms with E-state index in [0.717, 1.165) is 29.8 Å². The average molecular weight is 514 g/mol. The molecule has 0 aliphatic rings. The van der Waals surface area contributed by atoms with E-state index in [-0.39, 0.29) is 23.2 Å². The predicted octanol–water partition coefficient (Wildman–Crippen LogP) is 4.83. The molecule has 2 aromatic heterocycles. The summed E-state index contributed by atoms with van der Waals surface area (Å²) >= 11 is 0. The summed E-state index contributed by atoms with van der Waals surface area (Å²) in [6.45, 7) is 9.21. The number of carbonyl (C=O) groups excluding carboxylic acids is 2. The van der Waals surface area contributed by atoms with Crippen LogP contribution in [0.1, 0.15) is 64.2 Å². The number of rotatable bonds is 10. The van der Waals surface area contributed by atoms with Gasteiger partial charge in [-0.1, -0.05) is 19.8 Å². The second-order valence-electron chi connectivity index (χ2n) is 10.1. The second kappa shape index (κ2) is 11.4. The Balaban J connectivity index is 1.89. The number of primary amides is 1. The van der Waals surface area contributed by atoms with Crippen LogP contribution in [0.4, 0.5) is 26.5 Å². The maximum atomic E-state index is 15.1. The molecule has 10 nitrogen and oxygen atoms in total. The maximum Gasteiger partial charge on any atom is 0.407 e. The zero-order valence-corrected chi connectivity index (χ0v) is 22.2. The van der Waals surface area contributed by atoms with Crippen molar-refractivity contribution in [1.82, 2.24) is 20.1 Å². The highest BCUT2D eigenvalue weighted by molar-refractivity contribution is 5.99. The van der Waals surface area contributed by atoms with E-state index in [1.54, 1.807) is 31.6 Å². The van der Waals surface area contributed by atoms with Gasteiger partial charge in [-0.25, -0.2) is 14.2 Å². The maximum absolute atomic E-state index is 15.1. The van der Waals surface area contributed by atoms with Crippen LogP contribution in [0, 0.1) is 5.82 Å². The molecule has 0 spiro atoms. The Morgan fingerprint density at radius 2 is 1.95 bits per heavy atom. The van der Waals surface area contributed by atoms with Crippen molar-refractivity contribution in [2.24, 2.45) is 12.8 Å². The number of ether oxygens (including phenoxy) is 1. The van der Waals surface area contributed by atoms with Crippen LogP contribution in [0.25, 0.3) is 10.9 Å². The fraction of sp³-hybridized carbons (Fsp3) is 0.462. The monoisotopic (exact) mass is 513 g/mol. The van der Waals surface area contributed by atoms with E-state index in [1.807, 2.05) is 39.1 Å². The quantitative estimate of drug-likeness (QED) is 0.305. The lowest BCUT2D eigenvalue weighted by atomic mass is 10.0. The number of alkyl carbamates (subject to hydrolysis) is 1. The molecule has 0 bridgehead atoms. The standard InChI is InChI=1S/C26H36FN7O3/c1-7-8-9-20(15(2)30-25(36)37-26(3,4)5)32-24-19(27)13-18(22(28)35)23(33-24)31-17-11-10-16-14-29-34(6)21(16)12-17/h10-15,20H,7-9H2,1-6H3,(H2,28,35)(H,30,36)(H2,31,32,33)/t15-,20+/m0/s1. The molecule has 37 heavy (non-hydrogen) atoms. The number of carbonyl (C=O) groups is 2. The van der Waals surface area contributed by atoms with Crippen molar-refractivity contribution in [3.8, 4) is 0 Å². The summed E-state index contributed by atoms with van der Waals surface area (Å²) in [5.74, 6) is -1.50. The normalized spacial score (nSPS) is 13.2. The van der Waals surface area contributed by atoms with Crippen molar-refractivity contribution in [2.45, 2.75) is 71.6 Å². The molecule has 200 valence electrons. The number of anilines is 3. The number of pyridine rings is 1. The Hall–Kier alpha value is -3.89. The van der Waals surface area contributed by atoms with Gasteiger partial charge in [0, 0.05) is 30.2 Å². The van der Waals surface area contributed by atoms with E-state index in [4.69, 9.17) is 10.5 Å². The molecular weight excluding hydrogens is 477 g/mol. The summed E-state index contributed by atoms with van der Waals surface area (Å²) in [7, 11) is 1.82. The van der Waals surface area contributed by atoms with Crippen molar-refractivity contribution in [1.29, 1.82) is 0 Å². The second-order valence-corrected chi connectivity index (χ2v) is 10.1. The minimum Gasteiger partial charge on any atom is -0.444 e.